The van der Waals surface area contributed by atoms with Crippen LogP contribution in [0, 0.1) is 0 Å². The molecular weight excluding hydrogens is 192 g/mol. The molecule has 1 aliphatic rings. The van der Waals surface area contributed by atoms with Crippen LogP contribution in [0.4, 0.5) is 11.4 Å². The zero-order valence-corrected chi connectivity index (χ0v) is 8.91. The van der Waals surface area contributed by atoms with E-state index in [9.17, 15) is 4.79 Å². The zero-order valence-electron chi connectivity index (χ0n) is 8.91. The Kier molecular flexibility index (Phi) is 2.26. The standard InChI is InChI=1S/C11H14N2O2/c1-3-13-9(14)6-7-4-5-8(12)11(15-2)10(7)13/h4-5H,3,6,12H2,1-2H3. The van der Waals surface area contributed by atoms with Gasteiger partial charge in [0.25, 0.3) is 0 Å². The van der Waals surface area contributed by atoms with Gasteiger partial charge in [0.15, 0.2) is 5.75 Å². The van der Waals surface area contributed by atoms with Crippen LogP contribution < -0.4 is 15.4 Å². The summed E-state index contributed by atoms with van der Waals surface area (Å²) >= 11 is 0. The molecule has 4 nitrogen and oxygen atoms in total. The Bertz CT molecular complexity index is 415. The molecule has 80 valence electrons. The van der Waals surface area contributed by atoms with Gasteiger partial charge in [0.05, 0.1) is 24.9 Å². The van der Waals surface area contributed by atoms with Crippen molar-refractivity contribution in [2.24, 2.45) is 0 Å². The van der Waals surface area contributed by atoms with Gasteiger partial charge in [-0.25, -0.2) is 0 Å². The molecule has 0 atom stereocenters. The smallest absolute Gasteiger partial charge is 0.231 e. The van der Waals surface area contributed by atoms with Gasteiger partial charge in [0.1, 0.15) is 0 Å². The quantitative estimate of drug-likeness (QED) is 0.739. The highest BCUT2D eigenvalue weighted by Gasteiger charge is 2.30. The van der Waals surface area contributed by atoms with Crippen LogP contribution in [-0.2, 0) is 11.2 Å². The maximum atomic E-state index is 11.7. The maximum absolute atomic E-state index is 11.7. The predicted octanol–water partition coefficient (Wildman–Crippen LogP) is 1.19. The summed E-state index contributed by atoms with van der Waals surface area (Å²) in [5.74, 6) is 0.719. The van der Waals surface area contributed by atoms with Crippen LogP contribution in [-0.4, -0.2) is 19.6 Å². The molecule has 0 aliphatic carbocycles. The first kappa shape index (κ1) is 9.83. The number of likely N-dealkylation sites (N-methyl/N-ethyl adjacent to an activating group) is 1. The molecule has 2 N–H and O–H groups in total. The molecule has 0 bridgehead atoms. The lowest BCUT2D eigenvalue weighted by atomic mass is 10.1. The number of nitrogen functional groups attached to an aromatic ring is 1. The van der Waals surface area contributed by atoms with Crippen molar-refractivity contribution in [3.05, 3.63) is 17.7 Å². The van der Waals surface area contributed by atoms with E-state index < -0.39 is 0 Å². The molecule has 1 amide bonds. The highest BCUT2D eigenvalue weighted by atomic mass is 16.5. The van der Waals surface area contributed by atoms with Crippen molar-refractivity contribution in [1.29, 1.82) is 0 Å². The number of hydrogen-bond donors (Lipinski definition) is 1. The number of hydrogen-bond acceptors (Lipinski definition) is 3. The molecule has 1 aliphatic heterocycles. The van der Waals surface area contributed by atoms with Gasteiger partial charge < -0.3 is 15.4 Å². The first-order valence-corrected chi connectivity index (χ1v) is 4.94. The number of nitrogens with two attached hydrogens (primary N) is 1. The Labute approximate surface area is 88.6 Å². The molecule has 1 heterocycles. The maximum Gasteiger partial charge on any atom is 0.231 e. The van der Waals surface area contributed by atoms with Crippen LogP contribution in [0.15, 0.2) is 12.1 Å². The second-order valence-electron chi connectivity index (χ2n) is 3.51. The average molecular weight is 206 g/mol. The summed E-state index contributed by atoms with van der Waals surface area (Å²) in [4.78, 5) is 13.4. The van der Waals surface area contributed by atoms with E-state index in [2.05, 4.69) is 0 Å². The molecular formula is C11H14N2O2. The molecule has 0 saturated heterocycles. The Morgan fingerprint density at radius 3 is 2.87 bits per heavy atom. The molecule has 1 aromatic carbocycles. The van der Waals surface area contributed by atoms with Gasteiger partial charge in [-0.05, 0) is 18.6 Å². The second-order valence-corrected chi connectivity index (χ2v) is 3.51. The number of fused-ring (bicyclic) bond motifs is 1. The Morgan fingerprint density at radius 2 is 2.27 bits per heavy atom. The van der Waals surface area contributed by atoms with E-state index in [1.807, 2.05) is 13.0 Å². The Morgan fingerprint density at radius 1 is 1.53 bits per heavy atom. The lowest BCUT2D eigenvalue weighted by molar-refractivity contribution is -0.117. The molecule has 0 fully saturated rings. The summed E-state index contributed by atoms with van der Waals surface area (Å²) in [5, 5.41) is 0. The fourth-order valence-corrected chi connectivity index (χ4v) is 2.00. The first-order valence-electron chi connectivity index (χ1n) is 4.94. The fourth-order valence-electron chi connectivity index (χ4n) is 2.00. The first-order chi connectivity index (χ1) is 7.19. The van der Waals surface area contributed by atoms with Crippen molar-refractivity contribution in [3.8, 4) is 5.75 Å². The molecule has 0 saturated carbocycles. The van der Waals surface area contributed by atoms with Gasteiger partial charge >= 0.3 is 0 Å². The third kappa shape index (κ3) is 1.33. The summed E-state index contributed by atoms with van der Waals surface area (Å²) in [6, 6.07) is 3.67. The summed E-state index contributed by atoms with van der Waals surface area (Å²) in [7, 11) is 1.57. The van der Waals surface area contributed by atoms with Gasteiger partial charge in [-0.1, -0.05) is 6.07 Å². The molecule has 1 aromatic rings. The summed E-state index contributed by atoms with van der Waals surface area (Å²) in [6.07, 6.45) is 0.444. The number of ether oxygens (including phenoxy) is 1. The van der Waals surface area contributed by atoms with Gasteiger partial charge in [0, 0.05) is 6.54 Å². The van der Waals surface area contributed by atoms with Gasteiger partial charge in [0.2, 0.25) is 5.91 Å². The zero-order chi connectivity index (χ0) is 11.0. The highest BCUT2D eigenvalue weighted by Crippen LogP contribution is 2.41. The third-order valence-corrected chi connectivity index (χ3v) is 2.68. The van der Waals surface area contributed by atoms with E-state index in [0.717, 1.165) is 11.3 Å². The lowest BCUT2D eigenvalue weighted by Gasteiger charge is -2.18. The number of benzene rings is 1. The van der Waals surface area contributed by atoms with E-state index in [0.29, 0.717) is 24.4 Å². The molecule has 0 aromatic heterocycles. The molecule has 0 spiro atoms. The van der Waals surface area contributed by atoms with E-state index >= 15 is 0 Å². The van der Waals surface area contributed by atoms with E-state index in [1.54, 1.807) is 18.1 Å². The monoisotopic (exact) mass is 206 g/mol. The highest BCUT2D eigenvalue weighted by molar-refractivity contribution is 6.04. The second kappa shape index (κ2) is 3.46. The summed E-state index contributed by atoms with van der Waals surface area (Å²) < 4.78 is 5.25. The number of anilines is 2. The predicted molar refractivity (Wildman–Crippen MR) is 59.1 cm³/mol. The van der Waals surface area contributed by atoms with Crippen molar-refractivity contribution in [2.45, 2.75) is 13.3 Å². The van der Waals surface area contributed by atoms with E-state index in [-0.39, 0.29) is 5.91 Å². The largest absolute Gasteiger partial charge is 0.492 e. The fraction of sp³-hybridized carbons (Fsp3) is 0.364. The SMILES string of the molecule is CCN1C(=O)Cc2ccc(N)c(OC)c21. The Hall–Kier alpha value is -1.71. The van der Waals surface area contributed by atoms with Crippen LogP contribution in [0.1, 0.15) is 12.5 Å². The van der Waals surface area contributed by atoms with Gasteiger partial charge in [-0.3, -0.25) is 4.79 Å². The van der Waals surface area contributed by atoms with Crippen LogP contribution in [0.2, 0.25) is 0 Å². The number of rotatable bonds is 2. The van der Waals surface area contributed by atoms with Crippen LogP contribution in [0.3, 0.4) is 0 Å². The number of carbonyl (C=O) groups is 1. The lowest BCUT2D eigenvalue weighted by Crippen LogP contribution is -2.26. The van der Waals surface area contributed by atoms with E-state index in [1.165, 1.54) is 0 Å². The molecule has 0 unspecified atom stereocenters. The summed E-state index contributed by atoms with van der Waals surface area (Å²) in [5.41, 5.74) is 8.21. The van der Waals surface area contributed by atoms with E-state index in [4.69, 9.17) is 10.5 Å². The number of carbonyl (C=O) groups excluding carboxylic acids is 1. The molecule has 4 heteroatoms. The molecule has 15 heavy (non-hydrogen) atoms. The number of amides is 1. The van der Waals surface area contributed by atoms with Crippen LogP contribution >= 0.6 is 0 Å². The number of methoxy groups -OCH3 is 1. The average Bonchev–Trinajstić information content (AvgIpc) is 2.54. The number of nitrogens with zero attached hydrogens (tertiary/aromatic N) is 1. The summed E-state index contributed by atoms with van der Waals surface area (Å²) in [6.45, 7) is 2.58. The molecule has 0 radical (unpaired) electrons. The minimum absolute atomic E-state index is 0.108. The normalized spacial score (nSPS) is 14.3. The molecule has 2 rings (SSSR count). The minimum atomic E-state index is 0.108. The van der Waals surface area contributed by atoms with Crippen LogP contribution in [0.5, 0.6) is 5.75 Å². The van der Waals surface area contributed by atoms with Gasteiger partial charge in [-0.2, -0.15) is 0 Å². The van der Waals surface area contributed by atoms with Crippen molar-refractivity contribution in [1.82, 2.24) is 0 Å². The van der Waals surface area contributed by atoms with Crippen LogP contribution in [0.25, 0.3) is 0 Å². The third-order valence-electron chi connectivity index (χ3n) is 2.68. The van der Waals surface area contributed by atoms with Crippen molar-refractivity contribution < 1.29 is 9.53 Å². The van der Waals surface area contributed by atoms with Crippen molar-refractivity contribution in [3.63, 3.8) is 0 Å². The topological polar surface area (TPSA) is 55.6 Å². The minimum Gasteiger partial charge on any atom is -0.492 e. The van der Waals surface area contributed by atoms with Crippen molar-refractivity contribution in [2.75, 3.05) is 24.3 Å². The Balaban J connectivity index is 2.61. The van der Waals surface area contributed by atoms with Gasteiger partial charge in [-0.15, -0.1) is 0 Å². The van der Waals surface area contributed by atoms with Crippen molar-refractivity contribution >= 4 is 17.3 Å².